The SMILES string of the molecule is COc1ccc(OC(=O)OC(C)(C)c2ccccc2)cc1. The van der Waals surface area contributed by atoms with Crippen molar-refractivity contribution in [1.82, 2.24) is 0 Å². The van der Waals surface area contributed by atoms with Crippen molar-refractivity contribution in [1.29, 1.82) is 0 Å². The van der Waals surface area contributed by atoms with Crippen molar-refractivity contribution in [3.05, 3.63) is 60.2 Å². The van der Waals surface area contributed by atoms with Crippen molar-refractivity contribution < 1.29 is 19.0 Å². The lowest BCUT2D eigenvalue weighted by Gasteiger charge is -2.24. The van der Waals surface area contributed by atoms with Gasteiger partial charge in [-0.2, -0.15) is 0 Å². The first kappa shape index (κ1) is 14.9. The predicted molar refractivity (Wildman–Crippen MR) is 79.6 cm³/mol. The molecule has 2 aromatic rings. The summed E-state index contributed by atoms with van der Waals surface area (Å²) in [5.74, 6) is 1.10. The molecule has 0 bridgehead atoms. The van der Waals surface area contributed by atoms with Gasteiger partial charge in [-0.05, 0) is 43.7 Å². The number of carbonyl (C=O) groups excluding carboxylic acids is 1. The van der Waals surface area contributed by atoms with Gasteiger partial charge in [-0.3, -0.25) is 0 Å². The number of ether oxygens (including phenoxy) is 3. The summed E-state index contributed by atoms with van der Waals surface area (Å²) in [6.45, 7) is 3.63. The van der Waals surface area contributed by atoms with Crippen LogP contribution in [0.5, 0.6) is 11.5 Å². The van der Waals surface area contributed by atoms with Crippen LogP contribution in [0.4, 0.5) is 4.79 Å². The molecule has 0 atom stereocenters. The smallest absolute Gasteiger partial charge is 0.497 e. The minimum Gasteiger partial charge on any atom is -0.497 e. The third kappa shape index (κ3) is 3.99. The van der Waals surface area contributed by atoms with Crippen LogP contribution in [0.25, 0.3) is 0 Å². The maximum Gasteiger partial charge on any atom is 0.514 e. The van der Waals surface area contributed by atoms with Crippen molar-refractivity contribution in [3.63, 3.8) is 0 Å². The molecule has 0 amide bonds. The first-order valence-corrected chi connectivity index (χ1v) is 6.62. The van der Waals surface area contributed by atoms with E-state index in [1.165, 1.54) is 0 Å². The molecule has 0 N–H and O–H groups in total. The van der Waals surface area contributed by atoms with Crippen LogP contribution in [0.2, 0.25) is 0 Å². The lowest BCUT2D eigenvalue weighted by Crippen LogP contribution is -2.27. The zero-order valence-corrected chi connectivity index (χ0v) is 12.3. The Morgan fingerprint density at radius 3 is 2.05 bits per heavy atom. The number of benzene rings is 2. The zero-order valence-electron chi connectivity index (χ0n) is 12.3. The van der Waals surface area contributed by atoms with E-state index in [1.54, 1.807) is 31.4 Å². The number of rotatable bonds is 4. The highest BCUT2D eigenvalue weighted by atomic mass is 16.7. The zero-order chi connectivity index (χ0) is 15.3. The summed E-state index contributed by atoms with van der Waals surface area (Å²) < 4.78 is 15.6. The van der Waals surface area contributed by atoms with Gasteiger partial charge in [0.15, 0.2) is 0 Å². The van der Waals surface area contributed by atoms with Crippen LogP contribution in [-0.4, -0.2) is 13.3 Å². The number of methoxy groups -OCH3 is 1. The van der Waals surface area contributed by atoms with Crippen molar-refractivity contribution in [2.75, 3.05) is 7.11 Å². The average molecular weight is 286 g/mol. The van der Waals surface area contributed by atoms with Gasteiger partial charge in [0.25, 0.3) is 0 Å². The van der Waals surface area contributed by atoms with Crippen LogP contribution in [0.3, 0.4) is 0 Å². The van der Waals surface area contributed by atoms with Gasteiger partial charge in [0.1, 0.15) is 17.1 Å². The highest BCUT2D eigenvalue weighted by Crippen LogP contribution is 2.25. The second-order valence-corrected chi connectivity index (χ2v) is 5.01. The van der Waals surface area contributed by atoms with Crippen molar-refractivity contribution in [2.24, 2.45) is 0 Å². The largest absolute Gasteiger partial charge is 0.514 e. The van der Waals surface area contributed by atoms with E-state index in [-0.39, 0.29) is 0 Å². The minimum absolute atomic E-state index is 0.407. The van der Waals surface area contributed by atoms with Crippen LogP contribution >= 0.6 is 0 Å². The number of carbonyl (C=O) groups is 1. The molecule has 110 valence electrons. The second kappa shape index (κ2) is 6.31. The van der Waals surface area contributed by atoms with Crippen LogP contribution in [0.1, 0.15) is 19.4 Å². The van der Waals surface area contributed by atoms with Crippen molar-refractivity contribution in [3.8, 4) is 11.5 Å². The van der Waals surface area contributed by atoms with Gasteiger partial charge in [0.2, 0.25) is 0 Å². The van der Waals surface area contributed by atoms with E-state index in [4.69, 9.17) is 14.2 Å². The van der Waals surface area contributed by atoms with E-state index < -0.39 is 11.8 Å². The Morgan fingerprint density at radius 1 is 0.905 bits per heavy atom. The van der Waals surface area contributed by atoms with Crippen LogP contribution < -0.4 is 9.47 Å². The molecule has 0 spiro atoms. The molecular weight excluding hydrogens is 268 g/mol. The van der Waals surface area contributed by atoms with Crippen LogP contribution in [0, 0.1) is 0 Å². The van der Waals surface area contributed by atoms with Crippen molar-refractivity contribution in [2.45, 2.75) is 19.4 Å². The topological polar surface area (TPSA) is 44.8 Å². The summed E-state index contributed by atoms with van der Waals surface area (Å²) in [6, 6.07) is 16.2. The molecule has 4 heteroatoms. The van der Waals surface area contributed by atoms with Gasteiger partial charge >= 0.3 is 6.16 Å². The maximum absolute atomic E-state index is 11.9. The molecule has 0 saturated heterocycles. The Kier molecular flexibility index (Phi) is 4.48. The Labute approximate surface area is 124 Å². The molecule has 21 heavy (non-hydrogen) atoms. The fourth-order valence-electron chi connectivity index (χ4n) is 1.87. The van der Waals surface area contributed by atoms with Gasteiger partial charge in [-0.25, -0.2) is 4.79 Å². The van der Waals surface area contributed by atoms with Crippen LogP contribution in [-0.2, 0) is 10.3 Å². The Hall–Kier alpha value is -2.49. The van der Waals surface area contributed by atoms with E-state index in [0.29, 0.717) is 11.5 Å². The van der Waals surface area contributed by atoms with Gasteiger partial charge in [-0.1, -0.05) is 30.3 Å². The van der Waals surface area contributed by atoms with E-state index in [2.05, 4.69) is 0 Å². The third-order valence-corrected chi connectivity index (χ3v) is 3.07. The molecule has 0 aromatic heterocycles. The van der Waals surface area contributed by atoms with Crippen LogP contribution in [0.15, 0.2) is 54.6 Å². The highest BCUT2D eigenvalue weighted by molar-refractivity contribution is 5.64. The first-order chi connectivity index (χ1) is 10.0. The summed E-state index contributed by atoms with van der Waals surface area (Å²) in [7, 11) is 1.58. The van der Waals surface area contributed by atoms with Crippen molar-refractivity contribution >= 4 is 6.16 Å². The Morgan fingerprint density at radius 2 is 1.48 bits per heavy atom. The number of hydrogen-bond acceptors (Lipinski definition) is 4. The predicted octanol–water partition coefficient (Wildman–Crippen LogP) is 4.15. The van der Waals surface area contributed by atoms with E-state index >= 15 is 0 Å². The molecule has 0 aliphatic rings. The maximum atomic E-state index is 11.9. The summed E-state index contributed by atoms with van der Waals surface area (Å²) >= 11 is 0. The standard InChI is InChI=1S/C17H18O4/c1-17(2,13-7-5-4-6-8-13)21-16(18)20-15-11-9-14(19-3)10-12-15/h4-12H,1-3H3. The highest BCUT2D eigenvalue weighted by Gasteiger charge is 2.26. The molecule has 0 unspecified atom stereocenters. The molecule has 0 aliphatic carbocycles. The fraction of sp³-hybridized carbons (Fsp3) is 0.235. The quantitative estimate of drug-likeness (QED) is 0.625. The van der Waals surface area contributed by atoms with E-state index in [9.17, 15) is 4.79 Å². The normalized spacial score (nSPS) is 10.8. The monoisotopic (exact) mass is 286 g/mol. The molecule has 4 nitrogen and oxygen atoms in total. The first-order valence-electron chi connectivity index (χ1n) is 6.62. The summed E-state index contributed by atoms with van der Waals surface area (Å²) in [4.78, 5) is 11.9. The van der Waals surface area contributed by atoms with Gasteiger partial charge in [-0.15, -0.1) is 0 Å². The van der Waals surface area contributed by atoms with Gasteiger partial charge in [0, 0.05) is 0 Å². The van der Waals surface area contributed by atoms with E-state index in [0.717, 1.165) is 5.56 Å². The molecule has 2 aromatic carbocycles. The van der Waals surface area contributed by atoms with Gasteiger partial charge in [0.05, 0.1) is 7.11 Å². The molecule has 0 fully saturated rings. The molecular formula is C17H18O4. The average Bonchev–Trinajstić information content (AvgIpc) is 2.48. The van der Waals surface area contributed by atoms with E-state index in [1.807, 2.05) is 44.2 Å². The summed E-state index contributed by atoms with van der Waals surface area (Å²) in [6.07, 6.45) is -0.742. The lowest BCUT2D eigenvalue weighted by atomic mass is 9.98. The molecule has 0 saturated carbocycles. The minimum atomic E-state index is -0.759. The molecule has 2 rings (SSSR count). The summed E-state index contributed by atoms with van der Waals surface area (Å²) in [5.41, 5.74) is 0.141. The fourth-order valence-corrected chi connectivity index (χ4v) is 1.87. The van der Waals surface area contributed by atoms with Gasteiger partial charge < -0.3 is 14.2 Å². The molecule has 0 heterocycles. The Balaban J connectivity index is 2.00. The molecule has 0 aliphatic heterocycles. The summed E-state index contributed by atoms with van der Waals surface area (Å²) in [5, 5.41) is 0. The Bertz CT molecular complexity index is 588. The molecule has 0 radical (unpaired) electrons. The third-order valence-electron chi connectivity index (χ3n) is 3.07. The second-order valence-electron chi connectivity index (χ2n) is 5.01. The lowest BCUT2D eigenvalue weighted by molar-refractivity contribution is 0.00636. The number of hydrogen-bond donors (Lipinski definition) is 0.